The first-order valence-corrected chi connectivity index (χ1v) is 8.59. The Kier molecular flexibility index (Phi) is 5.82. The van der Waals surface area contributed by atoms with E-state index in [4.69, 9.17) is 23.2 Å². The Morgan fingerprint density at radius 2 is 1.71 bits per heavy atom. The summed E-state index contributed by atoms with van der Waals surface area (Å²) in [5.74, 6) is 0. The summed E-state index contributed by atoms with van der Waals surface area (Å²) in [5.41, 5.74) is 1.11. The first-order chi connectivity index (χ1) is 10.0. The van der Waals surface area contributed by atoms with Crippen LogP contribution < -0.4 is 5.32 Å². The van der Waals surface area contributed by atoms with Crippen LogP contribution in [-0.4, -0.2) is 16.5 Å². The molecule has 0 heterocycles. The van der Waals surface area contributed by atoms with Gasteiger partial charge in [0.2, 0.25) is 0 Å². The summed E-state index contributed by atoms with van der Waals surface area (Å²) in [6, 6.07) is 15.1. The van der Waals surface area contributed by atoms with Crippen molar-refractivity contribution in [2.75, 3.05) is 7.05 Å². The summed E-state index contributed by atoms with van der Waals surface area (Å²) in [6.07, 6.45) is 0. The molecule has 112 valence electrons. The highest BCUT2D eigenvalue weighted by Gasteiger charge is 2.24. The molecule has 3 atom stereocenters. The van der Waals surface area contributed by atoms with Gasteiger partial charge in [0.25, 0.3) is 0 Å². The van der Waals surface area contributed by atoms with Crippen LogP contribution in [-0.2, 0) is 10.8 Å². The predicted molar refractivity (Wildman–Crippen MR) is 90.6 cm³/mol. The molecule has 0 saturated carbocycles. The Labute approximate surface area is 137 Å². The third kappa shape index (κ3) is 3.86. The Morgan fingerprint density at radius 1 is 1.05 bits per heavy atom. The molecule has 2 nitrogen and oxygen atoms in total. The molecule has 5 heteroatoms. The first-order valence-electron chi connectivity index (χ1n) is 6.62. The predicted octanol–water partition coefficient (Wildman–Crippen LogP) is 4.45. The van der Waals surface area contributed by atoms with E-state index in [0.717, 1.165) is 5.56 Å². The van der Waals surface area contributed by atoms with Crippen LogP contribution in [0.5, 0.6) is 0 Å². The summed E-state index contributed by atoms with van der Waals surface area (Å²) >= 11 is 11.9. The maximum absolute atomic E-state index is 12.8. The van der Waals surface area contributed by atoms with Crippen LogP contribution in [0.1, 0.15) is 18.5 Å². The third-order valence-corrected chi connectivity index (χ3v) is 5.81. The summed E-state index contributed by atoms with van der Waals surface area (Å²) in [4.78, 5) is 0.688. The SMILES string of the molecule is CNC(c1ccccc1)C(C)S(=O)c1ccc(Cl)c(Cl)c1. The monoisotopic (exact) mass is 341 g/mol. The minimum absolute atomic E-state index is 0.00138. The van der Waals surface area contributed by atoms with Crippen molar-refractivity contribution < 1.29 is 4.21 Å². The summed E-state index contributed by atoms with van der Waals surface area (Å²) in [6.45, 7) is 1.97. The summed E-state index contributed by atoms with van der Waals surface area (Å²) in [5, 5.41) is 4.04. The van der Waals surface area contributed by atoms with Gasteiger partial charge in [0.05, 0.1) is 26.1 Å². The standard InChI is InChI=1S/C16H17Cl2NOS/c1-11(16(19-2)12-6-4-3-5-7-12)21(20)13-8-9-14(17)15(18)10-13/h3-11,16,19H,1-2H3. The highest BCUT2D eigenvalue weighted by atomic mass is 35.5. The third-order valence-electron chi connectivity index (χ3n) is 3.40. The maximum Gasteiger partial charge on any atom is 0.0604 e. The van der Waals surface area contributed by atoms with Gasteiger partial charge in [-0.15, -0.1) is 0 Å². The van der Waals surface area contributed by atoms with E-state index in [1.165, 1.54) is 0 Å². The Morgan fingerprint density at radius 3 is 2.29 bits per heavy atom. The molecule has 21 heavy (non-hydrogen) atoms. The number of rotatable bonds is 5. The Balaban J connectivity index is 2.26. The van der Waals surface area contributed by atoms with Gasteiger partial charge in [0.1, 0.15) is 0 Å². The first kappa shape index (κ1) is 16.5. The molecule has 0 fully saturated rings. The van der Waals surface area contributed by atoms with Crippen molar-refractivity contribution in [1.29, 1.82) is 0 Å². The molecule has 0 bridgehead atoms. The lowest BCUT2D eigenvalue weighted by Crippen LogP contribution is -2.30. The minimum atomic E-state index is -1.18. The lowest BCUT2D eigenvalue weighted by molar-refractivity contribution is 0.570. The molecule has 2 aromatic carbocycles. The molecular formula is C16H17Cl2NOS. The van der Waals surface area contributed by atoms with Crippen LogP contribution in [0.2, 0.25) is 10.0 Å². The van der Waals surface area contributed by atoms with E-state index in [1.54, 1.807) is 18.2 Å². The highest BCUT2D eigenvalue weighted by molar-refractivity contribution is 7.85. The van der Waals surface area contributed by atoms with Gasteiger partial charge in [0.15, 0.2) is 0 Å². The van der Waals surface area contributed by atoms with Crippen LogP contribution in [0.15, 0.2) is 53.4 Å². The van der Waals surface area contributed by atoms with Gasteiger partial charge in [-0.1, -0.05) is 53.5 Å². The maximum atomic E-state index is 12.8. The highest BCUT2D eigenvalue weighted by Crippen LogP contribution is 2.28. The molecule has 0 aliphatic heterocycles. The van der Waals surface area contributed by atoms with Crippen molar-refractivity contribution in [3.8, 4) is 0 Å². The zero-order chi connectivity index (χ0) is 15.4. The van der Waals surface area contributed by atoms with Gasteiger partial charge >= 0.3 is 0 Å². The van der Waals surface area contributed by atoms with Crippen molar-refractivity contribution >= 4 is 34.0 Å². The van der Waals surface area contributed by atoms with Gasteiger partial charge < -0.3 is 5.32 Å². The lowest BCUT2D eigenvalue weighted by atomic mass is 10.0. The fourth-order valence-corrected chi connectivity index (χ4v) is 4.04. The van der Waals surface area contributed by atoms with E-state index in [2.05, 4.69) is 5.32 Å². The van der Waals surface area contributed by atoms with E-state index >= 15 is 0 Å². The van der Waals surface area contributed by atoms with E-state index in [9.17, 15) is 4.21 Å². The molecule has 3 unspecified atom stereocenters. The number of halogens is 2. The summed E-state index contributed by atoms with van der Waals surface area (Å²) < 4.78 is 12.8. The lowest BCUT2D eigenvalue weighted by Gasteiger charge is -2.23. The van der Waals surface area contributed by atoms with Crippen LogP contribution in [0.3, 0.4) is 0 Å². The van der Waals surface area contributed by atoms with Gasteiger partial charge in [-0.3, -0.25) is 4.21 Å². The van der Waals surface area contributed by atoms with Gasteiger partial charge in [-0.05, 0) is 37.7 Å². The van der Waals surface area contributed by atoms with Crippen molar-refractivity contribution in [3.05, 3.63) is 64.1 Å². The van der Waals surface area contributed by atoms with Crippen LogP contribution in [0.25, 0.3) is 0 Å². The average molecular weight is 342 g/mol. The minimum Gasteiger partial charge on any atom is -0.312 e. The van der Waals surface area contributed by atoms with Gasteiger partial charge in [0, 0.05) is 10.9 Å². The molecule has 0 saturated heterocycles. The van der Waals surface area contributed by atoms with Crippen LogP contribution in [0, 0.1) is 0 Å². The fourth-order valence-electron chi connectivity index (χ4n) is 2.27. The van der Waals surface area contributed by atoms with Crippen LogP contribution in [0.4, 0.5) is 0 Å². The summed E-state index contributed by atoms with van der Waals surface area (Å²) in [7, 11) is 0.692. The molecule has 0 aliphatic carbocycles. The van der Waals surface area contributed by atoms with Crippen molar-refractivity contribution in [2.45, 2.75) is 23.1 Å². The normalized spacial score (nSPS) is 15.4. The van der Waals surface area contributed by atoms with Gasteiger partial charge in [-0.25, -0.2) is 0 Å². The van der Waals surface area contributed by atoms with Crippen molar-refractivity contribution in [1.82, 2.24) is 5.32 Å². The van der Waals surface area contributed by atoms with Gasteiger partial charge in [-0.2, -0.15) is 0 Å². The van der Waals surface area contributed by atoms with Crippen molar-refractivity contribution in [2.24, 2.45) is 0 Å². The number of nitrogens with one attached hydrogen (secondary N) is 1. The van der Waals surface area contributed by atoms with E-state index < -0.39 is 10.8 Å². The second-order valence-electron chi connectivity index (χ2n) is 4.76. The molecule has 1 N–H and O–H groups in total. The zero-order valence-electron chi connectivity index (χ0n) is 11.8. The topological polar surface area (TPSA) is 29.1 Å². The van der Waals surface area contributed by atoms with Crippen LogP contribution >= 0.6 is 23.2 Å². The van der Waals surface area contributed by atoms with E-state index in [0.29, 0.717) is 14.9 Å². The Bertz CT molecular complexity index is 633. The quantitative estimate of drug-likeness (QED) is 0.870. The second kappa shape index (κ2) is 7.41. The number of hydrogen-bond donors (Lipinski definition) is 1. The molecule has 0 spiro atoms. The largest absolute Gasteiger partial charge is 0.312 e. The molecular weight excluding hydrogens is 325 g/mol. The van der Waals surface area contributed by atoms with E-state index in [-0.39, 0.29) is 11.3 Å². The molecule has 0 radical (unpaired) electrons. The zero-order valence-corrected chi connectivity index (χ0v) is 14.2. The smallest absolute Gasteiger partial charge is 0.0604 e. The number of hydrogen-bond acceptors (Lipinski definition) is 2. The molecule has 0 aromatic heterocycles. The number of benzene rings is 2. The molecule has 2 rings (SSSR count). The Hall–Kier alpha value is -0.870. The second-order valence-corrected chi connectivity index (χ2v) is 7.38. The van der Waals surface area contributed by atoms with Crippen molar-refractivity contribution in [3.63, 3.8) is 0 Å². The molecule has 2 aromatic rings. The average Bonchev–Trinajstić information content (AvgIpc) is 2.51. The molecule has 0 aliphatic rings. The van der Waals surface area contributed by atoms with E-state index in [1.807, 2.05) is 44.3 Å². The fraction of sp³-hybridized carbons (Fsp3) is 0.250. The molecule has 0 amide bonds.